The largest absolute Gasteiger partial charge is 0.461 e. The second kappa shape index (κ2) is 7.71. The topological polar surface area (TPSA) is 73.6 Å². The number of anilines is 1. The van der Waals surface area contributed by atoms with E-state index in [1.54, 1.807) is 14.0 Å². The molecule has 6 heteroatoms. The molecule has 0 aliphatic heterocycles. The third kappa shape index (κ3) is 4.37. The average Bonchev–Trinajstić information content (AvgIpc) is 2.78. The van der Waals surface area contributed by atoms with Crippen molar-refractivity contribution in [2.75, 3.05) is 25.6 Å². The fourth-order valence-electron chi connectivity index (χ4n) is 1.56. The second-order valence-corrected chi connectivity index (χ2v) is 3.84. The lowest BCUT2D eigenvalue weighted by atomic mass is 10.2. The molecule has 0 aliphatic rings. The van der Waals surface area contributed by atoms with Crippen LogP contribution in [0.4, 0.5) is 6.01 Å². The van der Waals surface area contributed by atoms with Gasteiger partial charge in [0.05, 0.1) is 19.3 Å². The molecule has 0 radical (unpaired) electrons. The van der Waals surface area contributed by atoms with Gasteiger partial charge in [-0.25, -0.2) is 4.79 Å². The van der Waals surface area contributed by atoms with Gasteiger partial charge in [-0.1, -0.05) is 13.3 Å². The summed E-state index contributed by atoms with van der Waals surface area (Å²) in [5.74, 6) is -0.479. The maximum atomic E-state index is 11.4. The van der Waals surface area contributed by atoms with Gasteiger partial charge in [0.1, 0.15) is 6.26 Å². The lowest BCUT2D eigenvalue weighted by Crippen LogP contribution is -2.24. The summed E-state index contributed by atoms with van der Waals surface area (Å²) in [5.41, 5.74) is 0.173. The Balaban J connectivity index is 2.58. The van der Waals surface area contributed by atoms with E-state index >= 15 is 0 Å². The minimum absolute atomic E-state index is 0.119. The minimum atomic E-state index is -0.479. The Bertz CT molecular complexity index is 359. The molecule has 0 spiro atoms. The number of hydrogen-bond donors (Lipinski definition) is 1. The van der Waals surface area contributed by atoms with Crippen LogP contribution in [0.5, 0.6) is 0 Å². The van der Waals surface area contributed by atoms with Crippen molar-refractivity contribution in [1.29, 1.82) is 0 Å². The van der Waals surface area contributed by atoms with Gasteiger partial charge in [-0.15, -0.1) is 0 Å². The third-order valence-electron chi connectivity index (χ3n) is 2.32. The number of oxazole rings is 1. The summed E-state index contributed by atoms with van der Waals surface area (Å²) in [6.07, 6.45) is 3.24. The fourth-order valence-corrected chi connectivity index (χ4v) is 1.56. The molecule has 1 aromatic rings. The molecule has 1 rings (SSSR count). The van der Waals surface area contributed by atoms with Crippen LogP contribution in [0.25, 0.3) is 0 Å². The van der Waals surface area contributed by atoms with E-state index in [-0.39, 0.29) is 11.7 Å². The van der Waals surface area contributed by atoms with Gasteiger partial charge in [0.2, 0.25) is 0 Å². The van der Waals surface area contributed by atoms with Gasteiger partial charge in [-0.3, -0.25) is 0 Å². The minimum Gasteiger partial charge on any atom is -0.461 e. The number of esters is 1. The third-order valence-corrected chi connectivity index (χ3v) is 2.32. The van der Waals surface area contributed by atoms with E-state index in [1.165, 1.54) is 6.26 Å². The molecule has 1 aromatic heterocycles. The van der Waals surface area contributed by atoms with Crippen LogP contribution >= 0.6 is 0 Å². The smallest absolute Gasteiger partial charge is 0.360 e. The quantitative estimate of drug-likeness (QED) is 0.718. The molecular weight excluding hydrogens is 236 g/mol. The van der Waals surface area contributed by atoms with Crippen LogP contribution in [0.2, 0.25) is 0 Å². The van der Waals surface area contributed by atoms with E-state index in [0.29, 0.717) is 19.2 Å². The molecule has 1 heterocycles. The first kappa shape index (κ1) is 14.5. The normalized spacial score (nSPS) is 12.2. The SMILES string of the molecule is CCCC(COC)Nc1nc(C(=O)OCC)co1. The fraction of sp³-hybridized carbons (Fsp3) is 0.667. The number of nitrogens with zero attached hydrogens (tertiary/aromatic N) is 1. The predicted octanol–water partition coefficient (Wildman–Crippen LogP) is 2.08. The zero-order valence-corrected chi connectivity index (χ0v) is 11.1. The highest BCUT2D eigenvalue weighted by atomic mass is 16.5. The lowest BCUT2D eigenvalue weighted by molar-refractivity contribution is 0.0519. The Morgan fingerprint density at radius 3 is 2.94 bits per heavy atom. The number of hydrogen-bond acceptors (Lipinski definition) is 6. The number of ether oxygens (including phenoxy) is 2. The van der Waals surface area contributed by atoms with E-state index in [2.05, 4.69) is 17.2 Å². The van der Waals surface area contributed by atoms with E-state index in [4.69, 9.17) is 13.9 Å². The number of nitrogens with one attached hydrogen (secondary N) is 1. The van der Waals surface area contributed by atoms with Crippen molar-refractivity contribution < 1.29 is 18.7 Å². The van der Waals surface area contributed by atoms with Crippen molar-refractivity contribution in [2.24, 2.45) is 0 Å². The highest BCUT2D eigenvalue weighted by molar-refractivity contribution is 5.87. The molecule has 0 aromatic carbocycles. The average molecular weight is 256 g/mol. The monoisotopic (exact) mass is 256 g/mol. The van der Waals surface area contributed by atoms with Gasteiger partial charge in [0.25, 0.3) is 6.01 Å². The van der Waals surface area contributed by atoms with E-state index in [1.807, 2.05) is 0 Å². The molecule has 0 saturated heterocycles. The summed E-state index contributed by atoms with van der Waals surface area (Å²) in [6.45, 7) is 4.71. The van der Waals surface area contributed by atoms with E-state index in [9.17, 15) is 4.79 Å². The number of methoxy groups -OCH3 is 1. The predicted molar refractivity (Wildman–Crippen MR) is 66.7 cm³/mol. The van der Waals surface area contributed by atoms with Crippen LogP contribution in [0.15, 0.2) is 10.7 Å². The zero-order chi connectivity index (χ0) is 13.4. The van der Waals surface area contributed by atoms with Crippen molar-refractivity contribution >= 4 is 12.0 Å². The van der Waals surface area contributed by atoms with Gasteiger partial charge in [-0.05, 0) is 13.3 Å². The Morgan fingerprint density at radius 1 is 1.56 bits per heavy atom. The van der Waals surface area contributed by atoms with E-state index < -0.39 is 5.97 Å². The summed E-state index contributed by atoms with van der Waals surface area (Å²) in [6, 6.07) is 0.433. The summed E-state index contributed by atoms with van der Waals surface area (Å²) < 4.78 is 15.1. The number of rotatable bonds is 8. The van der Waals surface area contributed by atoms with Crippen LogP contribution in [0.3, 0.4) is 0 Å². The van der Waals surface area contributed by atoms with Gasteiger partial charge in [-0.2, -0.15) is 4.98 Å². The molecule has 1 unspecified atom stereocenters. The van der Waals surface area contributed by atoms with Gasteiger partial charge >= 0.3 is 5.97 Å². The molecule has 6 nitrogen and oxygen atoms in total. The van der Waals surface area contributed by atoms with Crippen molar-refractivity contribution in [3.63, 3.8) is 0 Å². The van der Waals surface area contributed by atoms with Crippen LogP contribution in [-0.4, -0.2) is 37.3 Å². The lowest BCUT2D eigenvalue weighted by Gasteiger charge is -2.15. The molecule has 0 aliphatic carbocycles. The summed E-state index contributed by atoms with van der Waals surface area (Å²) >= 11 is 0. The van der Waals surface area contributed by atoms with Crippen LogP contribution in [0.1, 0.15) is 37.2 Å². The van der Waals surface area contributed by atoms with Crippen LogP contribution < -0.4 is 5.32 Å². The first-order valence-corrected chi connectivity index (χ1v) is 6.09. The maximum absolute atomic E-state index is 11.4. The van der Waals surface area contributed by atoms with Gasteiger partial charge in [0.15, 0.2) is 5.69 Å². The molecule has 0 amide bonds. The highest BCUT2D eigenvalue weighted by Crippen LogP contribution is 2.12. The number of aromatic nitrogens is 1. The maximum Gasteiger partial charge on any atom is 0.360 e. The van der Waals surface area contributed by atoms with Crippen molar-refractivity contribution in [3.8, 4) is 0 Å². The molecule has 0 saturated carbocycles. The first-order valence-electron chi connectivity index (χ1n) is 6.09. The summed E-state index contributed by atoms with van der Waals surface area (Å²) in [4.78, 5) is 15.4. The molecule has 0 bridgehead atoms. The Hall–Kier alpha value is -1.56. The summed E-state index contributed by atoms with van der Waals surface area (Å²) in [7, 11) is 1.64. The molecule has 1 N–H and O–H groups in total. The van der Waals surface area contributed by atoms with Crippen molar-refractivity contribution in [1.82, 2.24) is 4.98 Å². The standard InChI is InChI=1S/C12H20N2O4/c1-4-6-9(7-16-3)13-12-14-10(8-18-12)11(15)17-5-2/h8-9H,4-7H2,1-3H3,(H,13,14). The number of carbonyl (C=O) groups is 1. The first-order chi connectivity index (χ1) is 8.71. The second-order valence-electron chi connectivity index (χ2n) is 3.84. The Kier molecular flexibility index (Phi) is 6.21. The number of carbonyl (C=O) groups excluding carboxylic acids is 1. The van der Waals surface area contributed by atoms with Crippen molar-refractivity contribution in [2.45, 2.75) is 32.7 Å². The molecule has 102 valence electrons. The van der Waals surface area contributed by atoms with Gasteiger partial charge in [0, 0.05) is 7.11 Å². The van der Waals surface area contributed by atoms with Crippen LogP contribution in [-0.2, 0) is 9.47 Å². The highest BCUT2D eigenvalue weighted by Gasteiger charge is 2.15. The molecule has 1 atom stereocenters. The van der Waals surface area contributed by atoms with Gasteiger partial charge < -0.3 is 19.2 Å². The molecular formula is C12H20N2O4. The van der Waals surface area contributed by atoms with E-state index in [0.717, 1.165) is 12.8 Å². The molecule has 0 fully saturated rings. The zero-order valence-electron chi connectivity index (χ0n) is 11.1. The summed E-state index contributed by atoms with van der Waals surface area (Å²) in [5, 5.41) is 3.09. The van der Waals surface area contributed by atoms with Crippen LogP contribution in [0, 0.1) is 0 Å². The Labute approximate surface area is 107 Å². The Morgan fingerprint density at radius 2 is 2.33 bits per heavy atom. The molecule has 18 heavy (non-hydrogen) atoms. The van der Waals surface area contributed by atoms with Crippen molar-refractivity contribution in [3.05, 3.63) is 12.0 Å².